The van der Waals surface area contributed by atoms with Gasteiger partial charge in [-0.2, -0.15) is 4.98 Å². The van der Waals surface area contributed by atoms with Gasteiger partial charge in [0.15, 0.2) is 5.65 Å². The van der Waals surface area contributed by atoms with Crippen molar-refractivity contribution in [1.82, 2.24) is 14.5 Å². The van der Waals surface area contributed by atoms with Gasteiger partial charge in [-0.1, -0.05) is 11.3 Å². The van der Waals surface area contributed by atoms with E-state index in [2.05, 4.69) is 9.97 Å². The average molecular weight is 298 g/mol. The summed E-state index contributed by atoms with van der Waals surface area (Å²) in [4.78, 5) is 19.7. The van der Waals surface area contributed by atoms with Crippen molar-refractivity contribution < 1.29 is 15.3 Å². The van der Waals surface area contributed by atoms with Crippen LogP contribution in [-0.4, -0.2) is 48.7 Å². The van der Waals surface area contributed by atoms with Gasteiger partial charge < -0.3 is 21.1 Å². The molecule has 0 amide bonds. The summed E-state index contributed by atoms with van der Waals surface area (Å²) in [6, 6.07) is -0.627. The number of nitrogen functional groups attached to an aromatic ring is 1. The number of aliphatic hydroxyl groups excluding tert-OH is 3. The Morgan fingerprint density at radius 3 is 2.85 bits per heavy atom. The highest BCUT2D eigenvalue weighted by molar-refractivity contribution is 7.16. The molecule has 1 aliphatic carbocycles. The molecule has 2 aromatic rings. The number of aliphatic hydroxyl groups is 3. The van der Waals surface area contributed by atoms with Gasteiger partial charge in [0, 0.05) is 12.5 Å². The molecule has 0 aliphatic heterocycles. The lowest BCUT2D eigenvalue weighted by Crippen LogP contribution is -2.32. The fourth-order valence-electron chi connectivity index (χ4n) is 2.68. The lowest BCUT2D eigenvalue weighted by Gasteiger charge is -2.17. The van der Waals surface area contributed by atoms with Crippen LogP contribution in [-0.2, 0) is 0 Å². The number of aromatic nitrogens is 3. The first kappa shape index (κ1) is 13.4. The number of hydrogen-bond acceptors (Lipinski definition) is 8. The van der Waals surface area contributed by atoms with E-state index in [-0.39, 0.29) is 17.4 Å². The topological polar surface area (TPSA) is 134 Å². The maximum absolute atomic E-state index is 12.1. The first-order valence-corrected chi connectivity index (χ1v) is 6.95. The van der Waals surface area contributed by atoms with Gasteiger partial charge in [-0.25, -0.2) is 4.98 Å². The monoisotopic (exact) mass is 298 g/mol. The SMILES string of the molecule is Nc1ncc2sc(=O)n(C3CC(CO)C(O)C3O)c2n1. The van der Waals surface area contributed by atoms with Crippen molar-refractivity contribution in [2.75, 3.05) is 12.3 Å². The summed E-state index contributed by atoms with van der Waals surface area (Å²) in [5.74, 6) is -0.424. The second kappa shape index (κ2) is 4.77. The van der Waals surface area contributed by atoms with Crippen molar-refractivity contribution in [2.45, 2.75) is 24.7 Å². The van der Waals surface area contributed by atoms with E-state index >= 15 is 0 Å². The molecule has 0 saturated heterocycles. The lowest BCUT2D eigenvalue weighted by molar-refractivity contribution is -0.00386. The molecule has 0 aromatic carbocycles. The quantitative estimate of drug-likeness (QED) is 0.542. The molecule has 1 saturated carbocycles. The van der Waals surface area contributed by atoms with Crippen LogP contribution in [0, 0.1) is 5.92 Å². The number of nitrogens with two attached hydrogens (primary N) is 1. The van der Waals surface area contributed by atoms with Crippen LogP contribution in [0.5, 0.6) is 0 Å². The maximum atomic E-state index is 12.1. The van der Waals surface area contributed by atoms with E-state index < -0.39 is 24.2 Å². The van der Waals surface area contributed by atoms with Crippen LogP contribution in [0.15, 0.2) is 11.0 Å². The van der Waals surface area contributed by atoms with Crippen molar-refractivity contribution in [1.29, 1.82) is 0 Å². The number of nitrogens with zero attached hydrogens (tertiary/aromatic N) is 3. The van der Waals surface area contributed by atoms with Crippen molar-refractivity contribution in [3.63, 3.8) is 0 Å². The minimum Gasteiger partial charge on any atom is -0.396 e. The molecule has 1 fully saturated rings. The molecule has 2 heterocycles. The smallest absolute Gasteiger partial charge is 0.309 e. The van der Waals surface area contributed by atoms with Crippen LogP contribution >= 0.6 is 11.3 Å². The summed E-state index contributed by atoms with van der Waals surface area (Å²) in [7, 11) is 0. The predicted molar refractivity (Wildman–Crippen MR) is 72.3 cm³/mol. The van der Waals surface area contributed by atoms with Gasteiger partial charge in [-0.3, -0.25) is 9.36 Å². The number of thiazole rings is 1. The molecule has 9 heteroatoms. The maximum Gasteiger partial charge on any atom is 0.309 e. The molecular formula is C11H14N4O4S. The molecule has 0 spiro atoms. The highest BCUT2D eigenvalue weighted by Gasteiger charge is 2.43. The Labute approximate surface area is 117 Å². The summed E-state index contributed by atoms with van der Waals surface area (Å²) >= 11 is 0.958. The molecule has 3 rings (SSSR count). The van der Waals surface area contributed by atoms with Crippen LogP contribution in [0.4, 0.5) is 5.95 Å². The summed E-state index contributed by atoms with van der Waals surface area (Å²) in [6.45, 7) is -0.247. The zero-order chi connectivity index (χ0) is 14.4. The van der Waals surface area contributed by atoms with Crippen LogP contribution in [0.3, 0.4) is 0 Å². The minimum atomic E-state index is -1.13. The summed E-state index contributed by atoms with van der Waals surface area (Å²) < 4.78 is 1.90. The van der Waals surface area contributed by atoms with Crippen molar-refractivity contribution in [3.05, 3.63) is 15.9 Å². The number of anilines is 1. The van der Waals surface area contributed by atoms with Crippen molar-refractivity contribution in [3.8, 4) is 0 Å². The molecule has 4 atom stereocenters. The number of hydrogen-bond donors (Lipinski definition) is 4. The molecule has 5 N–H and O–H groups in total. The Morgan fingerprint density at radius 2 is 2.20 bits per heavy atom. The normalized spacial score (nSPS) is 30.1. The fourth-order valence-corrected chi connectivity index (χ4v) is 3.53. The molecule has 8 nitrogen and oxygen atoms in total. The molecule has 0 bridgehead atoms. The van der Waals surface area contributed by atoms with E-state index in [1.165, 1.54) is 10.8 Å². The van der Waals surface area contributed by atoms with Gasteiger partial charge in [0.1, 0.15) is 6.10 Å². The van der Waals surface area contributed by atoms with Gasteiger partial charge >= 0.3 is 4.87 Å². The van der Waals surface area contributed by atoms with Crippen molar-refractivity contribution in [2.24, 2.45) is 5.92 Å². The third kappa shape index (κ3) is 1.90. The van der Waals surface area contributed by atoms with Gasteiger partial charge in [-0.15, -0.1) is 0 Å². The van der Waals surface area contributed by atoms with E-state index in [0.717, 1.165) is 11.3 Å². The molecule has 20 heavy (non-hydrogen) atoms. The first-order valence-electron chi connectivity index (χ1n) is 6.13. The van der Waals surface area contributed by atoms with E-state index in [1.54, 1.807) is 0 Å². The summed E-state index contributed by atoms with van der Waals surface area (Å²) in [5, 5.41) is 29.2. The van der Waals surface area contributed by atoms with E-state index in [0.29, 0.717) is 16.8 Å². The lowest BCUT2D eigenvalue weighted by atomic mass is 10.1. The fraction of sp³-hybridized carbons (Fsp3) is 0.545. The van der Waals surface area contributed by atoms with Crippen molar-refractivity contribution >= 4 is 27.6 Å². The average Bonchev–Trinajstić information content (AvgIpc) is 2.88. The zero-order valence-corrected chi connectivity index (χ0v) is 11.2. The summed E-state index contributed by atoms with van der Waals surface area (Å²) in [5.41, 5.74) is 5.88. The Kier molecular flexibility index (Phi) is 3.21. The highest BCUT2D eigenvalue weighted by Crippen LogP contribution is 2.36. The van der Waals surface area contributed by atoms with E-state index in [4.69, 9.17) is 5.73 Å². The minimum absolute atomic E-state index is 0.0378. The van der Waals surface area contributed by atoms with E-state index in [9.17, 15) is 20.1 Å². The van der Waals surface area contributed by atoms with Gasteiger partial charge in [0.05, 0.1) is 23.0 Å². The first-order chi connectivity index (χ1) is 9.52. The molecule has 1 aliphatic rings. The Hall–Kier alpha value is -1.55. The second-order valence-corrected chi connectivity index (χ2v) is 5.87. The summed E-state index contributed by atoms with van der Waals surface area (Å²) in [6.07, 6.45) is -0.430. The largest absolute Gasteiger partial charge is 0.396 e. The standard InChI is InChI=1S/C11H14N4O4S/c12-10-13-2-6-9(14-10)15(11(19)20-6)5-1-4(3-16)7(17)8(5)18/h2,4-5,7-8,16-18H,1,3H2,(H2,12,13,14). The molecule has 0 radical (unpaired) electrons. The Morgan fingerprint density at radius 1 is 1.45 bits per heavy atom. The highest BCUT2D eigenvalue weighted by atomic mass is 32.1. The van der Waals surface area contributed by atoms with Gasteiger partial charge in [0.2, 0.25) is 5.95 Å². The Bertz CT molecular complexity index is 699. The van der Waals surface area contributed by atoms with E-state index in [1.807, 2.05) is 0 Å². The third-order valence-corrected chi connectivity index (χ3v) is 4.59. The van der Waals surface area contributed by atoms with Gasteiger partial charge in [0.25, 0.3) is 0 Å². The number of fused-ring (bicyclic) bond motifs is 1. The molecule has 2 aromatic heterocycles. The molecular weight excluding hydrogens is 284 g/mol. The van der Waals surface area contributed by atoms with Crippen LogP contribution in [0.25, 0.3) is 10.3 Å². The molecule has 108 valence electrons. The molecule has 4 unspecified atom stereocenters. The van der Waals surface area contributed by atoms with Crippen LogP contribution in [0.2, 0.25) is 0 Å². The van der Waals surface area contributed by atoms with Gasteiger partial charge in [-0.05, 0) is 6.42 Å². The zero-order valence-electron chi connectivity index (χ0n) is 10.4. The predicted octanol–water partition coefficient (Wildman–Crippen LogP) is -1.29. The number of rotatable bonds is 2. The third-order valence-electron chi connectivity index (χ3n) is 3.71. The van der Waals surface area contributed by atoms with Crippen LogP contribution < -0.4 is 10.6 Å². The van der Waals surface area contributed by atoms with Crippen LogP contribution in [0.1, 0.15) is 12.5 Å². The Balaban J connectivity index is 2.13. The second-order valence-electron chi connectivity index (χ2n) is 4.88.